The van der Waals surface area contributed by atoms with Crippen LogP contribution in [0.25, 0.3) is 0 Å². The van der Waals surface area contributed by atoms with Crippen molar-refractivity contribution in [3.05, 3.63) is 70.5 Å². The van der Waals surface area contributed by atoms with Gasteiger partial charge in [0.1, 0.15) is 5.82 Å². The number of hydrogen-bond donors (Lipinski definition) is 1. The molecule has 0 heterocycles. The summed E-state index contributed by atoms with van der Waals surface area (Å²) in [5, 5.41) is 3.35. The smallest absolute Gasteiger partial charge is 0.126 e. The molecule has 0 radical (unpaired) electrons. The lowest BCUT2D eigenvalue weighted by Gasteiger charge is -2.08. The van der Waals surface area contributed by atoms with E-state index in [1.54, 1.807) is 13.0 Å². The van der Waals surface area contributed by atoms with Gasteiger partial charge in [-0.05, 0) is 41.2 Å². The van der Waals surface area contributed by atoms with Crippen LogP contribution in [0, 0.1) is 12.7 Å². The van der Waals surface area contributed by atoms with Crippen LogP contribution >= 0.6 is 0 Å². The zero-order valence-corrected chi connectivity index (χ0v) is 12.4. The summed E-state index contributed by atoms with van der Waals surface area (Å²) in [7, 11) is 0. The van der Waals surface area contributed by atoms with Gasteiger partial charge in [-0.2, -0.15) is 0 Å². The molecule has 0 fully saturated rings. The van der Waals surface area contributed by atoms with E-state index in [0.29, 0.717) is 18.0 Å². The Hall–Kier alpha value is -1.67. The van der Waals surface area contributed by atoms with Gasteiger partial charge in [-0.15, -0.1) is 0 Å². The first-order valence-corrected chi connectivity index (χ1v) is 7.11. The van der Waals surface area contributed by atoms with Crippen molar-refractivity contribution in [3.8, 4) is 0 Å². The van der Waals surface area contributed by atoms with Gasteiger partial charge in [-0.3, -0.25) is 0 Å². The largest absolute Gasteiger partial charge is 0.309 e. The van der Waals surface area contributed by atoms with E-state index in [2.05, 4.69) is 43.4 Å². The predicted octanol–water partition coefficient (Wildman–Crippen LogP) is 4.55. The third-order valence-corrected chi connectivity index (χ3v) is 3.54. The molecule has 0 spiro atoms. The molecule has 1 nitrogen and oxygen atoms in total. The van der Waals surface area contributed by atoms with E-state index in [1.165, 1.54) is 11.1 Å². The Labute approximate surface area is 120 Å². The molecule has 0 aliphatic carbocycles. The summed E-state index contributed by atoms with van der Waals surface area (Å²) >= 11 is 0. The fraction of sp³-hybridized carbons (Fsp3) is 0.333. The minimum Gasteiger partial charge on any atom is -0.309 e. The van der Waals surface area contributed by atoms with E-state index in [9.17, 15) is 4.39 Å². The van der Waals surface area contributed by atoms with Gasteiger partial charge in [-0.1, -0.05) is 50.2 Å². The Morgan fingerprint density at radius 3 is 2.15 bits per heavy atom. The molecule has 2 rings (SSSR count). The van der Waals surface area contributed by atoms with Crippen LogP contribution in [0.3, 0.4) is 0 Å². The van der Waals surface area contributed by atoms with E-state index in [4.69, 9.17) is 0 Å². The summed E-state index contributed by atoms with van der Waals surface area (Å²) < 4.78 is 13.4. The highest BCUT2D eigenvalue weighted by atomic mass is 19.1. The van der Waals surface area contributed by atoms with E-state index in [0.717, 1.165) is 12.1 Å². The van der Waals surface area contributed by atoms with E-state index in [-0.39, 0.29) is 5.82 Å². The first-order chi connectivity index (χ1) is 9.56. The van der Waals surface area contributed by atoms with Crippen LogP contribution in [-0.2, 0) is 13.1 Å². The first-order valence-electron chi connectivity index (χ1n) is 7.11. The van der Waals surface area contributed by atoms with Crippen molar-refractivity contribution in [3.63, 3.8) is 0 Å². The van der Waals surface area contributed by atoms with E-state index >= 15 is 0 Å². The average Bonchev–Trinajstić information content (AvgIpc) is 2.43. The van der Waals surface area contributed by atoms with Gasteiger partial charge in [0.15, 0.2) is 0 Å². The fourth-order valence-corrected chi connectivity index (χ4v) is 2.12. The van der Waals surface area contributed by atoms with Crippen LogP contribution in [0.15, 0.2) is 42.5 Å². The quantitative estimate of drug-likeness (QED) is 0.841. The first kappa shape index (κ1) is 14.7. The summed E-state index contributed by atoms with van der Waals surface area (Å²) in [5.41, 5.74) is 4.28. The molecule has 0 saturated carbocycles. The summed E-state index contributed by atoms with van der Waals surface area (Å²) in [6.45, 7) is 7.65. The van der Waals surface area contributed by atoms with E-state index < -0.39 is 0 Å². The maximum atomic E-state index is 13.4. The van der Waals surface area contributed by atoms with Gasteiger partial charge in [0, 0.05) is 13.1 Å². The summed E-state index contributed by atoms with van der Waals surface area (Å²) in [5.74, 6) is 0.429. The summed E-state index contributed by atoms with van der Waals surface area (Å²) in [4.78, 5) is 0. The van der Waals surface area contributed by atoms with Crippen molar-refractivity contribution in [2.45, 2.75) is 39.8 Å². The molecule has 20 heavy (non-hydrogen) atoms. The minimum absolute atomic E-state index is 0.134. The molecule has 0 amide bonds. The molecule has 0 saturated heterocycles. The maximum absolute atomic E-state index is 13.4. The van der Waals surface area contributed by atoms with Crippen LogP contribution in [0.4, 0.5) is 4.39 Å². The molecule has 0 aliphatic heterocycles. The molecular weight excluding hydrogens is 249 g/mol. The lowest BCUT2D eigenvalue weighted by atomic mass is 10.0. The topological polar surface area (TPSA) is 12.0 Å². The molecule has 0 aliphatic rings. The molecule has 2 aromatic rings. The molecule has 0 atom stereocenters. The van der Waals surface area contributed by atoms with Gasteiger partial charge < -0.3 is 5.32 Å². The fourth-order valence-electron chi connectivity index (χ4n) is 2.12. The van der Waals surface area contributed by atoms with Crippen LogP contribution in [0.2, 0.25) is 0 Å². The maximum Gasteiger partial charge on any atom is 0.126 e. The Bertz CT molecular complexity index is 558. The standard InChI is InChI=1S/C18H22FN/c1-13(2)17-8-6-15(7-9-17)11-20-12-16-5-4-14(3)18(19)10-16/h4-10,13,20H,11-12H2,1-3H3. The van der Waals surface area contributed by atoms with Crippen molar-refractivity contribution in [2.75, 3.05) is 0 Å². The molecule has 1 N–H and O–H groups in total. The number of hydrogen-bond acceptors (Lipinski definition) is 1. The van der Waals surface area contributed by atoms with Crippen LogP contribution in [0.5, 0.6) is 0 Å². The Morgan fingerprint density at radius 2 is 1.55 bits per heavy atom. The molecule has 0 unspecified atom stereocenters. The van der Waals surface area contributed by atoms with Gasteiger partial charge in [0.2, 0.25) is 0 Å². The molecule has 0 bridgehead atoms. The highest BCUT2D eigenvalue weighted by Gasteiger charge is 2.01. The lowest BCUT2D eigenvalue weighted by Crippen LogP contribution is -2.12. The number of aryl methyl sites for hydroxylation is 1. The Balaban J connectivity index is 1.87. The number of halogens is 1. The zero-order chi connectivity index (χ0) is 14.5. The molecule has 0 aromatic heterocycles. The number of nitrogens with one attached hydrogen (secondary N) is 1. The van der Waals surface area contributed by atoms with Crippen molar-refractivity contribution in [1.82, 2.24) is 5.32 Å². The molecule has 106 valence electrons. The van der Waals surface area contributed by atoms with Crippen molar-refractivity contribution < 1.29 is 4.39 Å². The van der Waals surface area contributed by atoms with Gasteiger partial charge in [-0.25, -0.2) is 4.39 Å². The third-order valence-electron chi connectivity index (χ3n) is 3.54. The highest BCUT2D eigenvalue weighted by molar-refractivity contribution is 5.25. The van der Waals surface area contributed by atoms with Crippen molar-refractivity contribution in [1.29, 1.82) is 0 Å². The molecular formula is C18H22FN. The normalized spacial score (nSPS) is 11.1. The van der Waals surface area contributed by atoms with Crippen LogP contribution in [0.1, 0.15) is 42.0 Å². The highest BCUT2D eigenvalue weighted by Crippen LogP contribution is 2.15. The molecule has 2 heteroatoms. The number of benzene rings is 2. The third kappa shape index (κ3) is 3.91. The predicted molar refractivity (Wildman–Crippen MR) is 82.2 cm³/mol. The molecule has 2 aromatic carbocycles. The monoisotopic (exact) mass is 271 g/mol. The zero-order valence-electron chi connectivity index (χ0n) is 12.4. The number of rotatable bonds is 5. The minimum atomic E-state index is -0.134. The van der Waals surface area contributed by atoms with Crippen molar-refractivity contribution >= 4 is 0 Å². The van der Waals surface area contributed by atoms with Gasteiger partial charge in [0.05, 0.1) is 0 Å². The summed E-state index contributed by atoms with van der Waals surface area (Å²) in [6, 6.07) is 14.0. The second-order valence-corrected chi connectivity index (χ2v) is 5.58. The van der Waals surface area contributed by atoms with Gasteiger partial charge >= 0.3 is 0 Å². The average molecular weight is 271 g/mol. The Kier molecular flexibility index (Phi) is 4.91. The van der Waals surface area contributed by atoms with E-state index in [1.807, 2.05) is 12.1 Å². The van der Waals surface area contributed by atoms with Crippen LogP contribution in [-0.4, -0.2) is 0 Å². The SMILES string of the molecule is Cc1ccc(CNCc2ccc(C(C)C)cc2)cc1F. The Morgan fingerprint density at radius 1 is 0.950 bits per heavy atom. The van der Waals surface area contributed by atoms with Gasteiger partial charge in [0.25, 0.3) is 0 Å². The second-order valence-electron chi connectivity index (χ2n) is 5.58. The lowest BCUT2D eigenvalue weighted by molar-refractivity contribution is 0.611. The summed E-state index contributed by atoms with van der Waals surface area (Å²) in [6.07, 6.45) is 0. The van der Waals surface area contributed by atoms with Crippen LogP contribution < -0.4 is 5.32 Å². The second kappa shape index (κ2) is 6.67. The van der Waals surface area contributed by atoms with Crippen molar-refractivity contribution in [2.24, 2.45) is 0 Å².